The van der Waals surface area contributed by atoms with Gasteiger partial charge in [0.2, 0.25) is 0 Å². The molecule has 1 rings (SSSR count). The van der Waals surface area contributed by atoms with Gasteiger partial charge in [-0.05, 0) is 32.6 Å². The molecule has 2 atom stereocenters. The van der Waals surface area contributed by atoms with Gasteiger partial charge in [0.25, 0.3) is 0 Å². The number of hydrogen-bond acceptors (Lipinski definition) is 1. The van der Waals surface area contributed by atoms with Gasteiger partial charge in [-0.15, -0.1) is 0 Å². The first-order chi connectivity index (χ1) is 6.88. The van der Waals surface area contributed by atoms with Crippen LogP contribution in [-0.4, -0.2) is 18.3 Å². The van der Waals surface area contributed by atoms with Gasteiger partial charge in [-0.1, -0.05) is 12.8 Å². The first-order valence-electron chi connectivity index (χ1n) is 5.71. The fourth-order valence-electron chi connectivity index (χ4n) is 2.45. The average Bonchev–Trinajstić information content (AvgIpc) is 2.50. The summed E-state index contributed by atoms with van der Waals surface area (Å²) in [7, 11) is 0. The van der Waals surface area contributed by atoms with Crippen molar-refractivity contribution >= 4 is 0 Å². The lowest BCUT2D eigenvalue weighted by atomic mass is 9.99. The van der Waals surface area contributed by atoms with E-state index in [-0.39, 0.29) is 6.04 Å². The third-order valence-electron chi connectivity index (χ3n) is 3.19. The predicted molar refractivity (Wildman–Crippen MR) is 54.7 cm³/mol. The molecule has 0 radical (unpaired) electrons. The lowest BCUT2D eigenvalue weighted by molar-refractivity contribution is -0.139. The minimum atomic E-state index is -4.05. The van der Waals surface area contributed by atoms with Crippen LogP contribution in [0.5, 0.6) is 0 Å². The van der Waals surface area contributed by atoms with E-state index in [1.807, 2.05) is 6.92 Å². The second-order valence-electron chi connectivity index (χ2n) is 4.72. The molecule has 15 heavy (non-hydrogen) atoms. The molecule has 0 bridgehead atoms. The molecule has 0 aromatic heterocycles. The van der Waals surface area contributed by atoms with Gasteiger partial charge in [0.05, 0.1) is 6.42 Å². The predicted octanol–water partition coefficient (Wildman–Crippen LogP) is 3.50. The summed E-state index contributed by atoms with van der Waals surface area (Å²) in [5.74, 6) is 0.570. The van der Waals surface area contributed by atoms with E-state index in [0.717, 1.165) is 12.8 Å². The van der Waals surface area contributed by atoms with Crippen LogP contribution in [0.15, 0.2) is 0 Å². The van der Waals surface area contributed by atoms with Gasteiger partial charge in [0.1, 0.15) is 0 Å². The Morgan fingerprint density at radius 1 is 1.20 bits per heavy atom. The highest BCUT2D eigenvalue weighted by molar-refractivity contribution is 4.80. The van der Waals surface area contributed by atoms with Crippen molar-refractivity contribution in [3.05, 3.63) is 0 Å². The zero-order chi connectivity index (χ0) is 11.5. The molecule has 0 saturated heterocycles. The number of nitrogens with one attached hydrogen (secondary N) is 1. The fraction of sp³-hybridized carbons (Fsp3) is 1.00. The Labute approximate surface area is 89.4 Å². The Morgan fingerprint density at radius 2 is 1.73 bits per heavy atom. The van der Waals surface area contributed by atoms with E-state index >= 15 is 0 Å². The zero-order valence-corrected chi connectivity index (χ0v) is 9.40. The smallest absolute Gasteiger partial charge is 0.311 e. The lowest BCUT2D eigenvalue weighted by Crippen LogP contribution is -2.40. The standard InChI is InChI=1S/C11H20F3N/c1-8(7-11(12,13)14)15-9(2)10-5-3-4-6-10/h8-10,15H,3-7H2,1-2H3. The molecule has 0 spiro atoms. The van der Waals surface area contributed by atoms with E-state index in [4.69, 9.17) is 0 Å². The van der Waals surface area contributed by atoms with Crippen LogP contribution in [0.25, 0.3) is 0 Å². The number of alkyl halides is 3. The van der Waals surface area contributed by atoms with Crippen LogP contribution in [0.3, 0.4) is 0 Å². The van der Waals surface area contributed by atoms with E-state index in [1.54, 1.807) is 6.92 Å². The summed E-state index contributed by atoms with van der Waals surface area (Å²) >= 11 is 0. The van der Waals surface area contributed by atoms with Crippen LogP contribution in [0, 0.1) is 5.92 Å². The maximum atomic E-state index is 12.1. The van der Waals surface area contributed by atoms with Gasteiger partial charge in [-0.3, -0.25) is 0 Å². The van der Waals surface area contributed by atoms with Crippen LogP contribution < -0.4 is 5.32 Å². The van der Waals surface area contributed by atoms with E-state index in [2.05, 4.69) is 5.32 Å². The molecule has 90 valence electrons. The Bertz CT molecular complexity index is 185. The zero-order valence-electron chi connectivity index (χ0n) is 9.40. The maximum Gasteiger partial charge on any atom is 0.390 e. The number of hydrogen-bond donors (Lipinski definition) is 1. The SMILES string of the molecule is CC(CC(F)(F)F)NC(C)C1CCCC1. The van der Waals surface area contributed by atoms with Crippen molar-refractivity contribution in [1.29, 1.82) is 0 Å². The van der Waals surface area contributed by atoms with Crippen LogP contribution in [0.1, 0.15) is 46.0 Å². The largest absolute Gasteiger partial charge is 0.390 e. The second kappa shape index (κ2) is 5.19. The van der Waals surface area contributed by atoms with Crippen molar-refractivity contribution in [3.8, 4) is 0 Å². The molecule has 1 nitrogen and oxygen atoms in total. The third-order valence-corrected chi connectivity index (χ3v) is 3.19. The van der Waals surface area contributed by atoms with Crippen molar-refractivity contribution in [2.24, 2.45) is 5.92 Å². The maximum absolute atomic E-state index is 12.1. The molecule has 1 fully saturated rings. The quantitative estimate of drug-likeness (QED) is 0.769. The summed E-state index contributed by atoms with van der Waals surface area (Å²) < 4.78 is 36.3. The van der Waals surface area contributed by atoms with Crippen molar-refractivity contribution < 1.29 is 13.2 Å². The molecular weight excluding hydrogens is 203 g/mol. The average molecular weight is 223 g/mol. The molecule has 0 amide bonds. The van der Waals surface area contributed by atoms with Gasteiger partial charge < -0.3 is 5.32 Å². The summed E-state index contributed by atoms with van der Waals surface area (Å²) in [5, 5.41) is 3.06. The molecule has 0 heterocycles. The minimum Gasteiger partial charge on any atom is -0.311 e. The molecule has 1 aliphatic rings. The van der Waals surface area contributed by atoms with Crippen molar-refractivity contribution in [1.82, 2.24) is 5.32 Å². The molecule has 0 aromatic carbocycles. The number of halogens is 3. The molecule has 4 heteroatoms. The topological polar surface area (TPSA) is 12.0 Å². The fourth-order valence-corrected chi connectivity index (χ4v) is 2.45. The van der Waals surface area contributed by atoms with E-state index < -0.39 is 18.6 Å². The van der Waals surface area contributed by atoms with Crippen LogP contribution >= 0.6 is 0 Å². The molecule has 2 unspecified atom stereocenters. The Balaban J connectivity index is 2.27. The van der Waals surface area contributed by atoms with Gasteiger partial charge in [-0.25, -0.2) is 0 Å². The van der Waals surface area contributed by atoms with Crippen molar-refractivity contribution in [2.45, 2.75) is 64.2 Å². The summed E-state index contributed by atoms with van der Waals surface area (Å²) in [6.07, 6.45) is -0.0135. The summed E-state index contributed by atoms with van der Waals surface area (Å²) in [6, 6.07) is -0.259. The Kier molecular flexibility index (Phi) is 4.44. The van der Waals surface area contributed by atoms with E-state index in [1.165, 1.54) is 12.8 Å². The van der Waals surface area contributed by atoms with Crippen LogP contribution in [-0.2, 0) is 0 Å². The van der Waals surface area contributed by atoms with Gasteiger partial charge in [0.15, 0.2) is 0 Å². The molecular formula is C11H20F3N. The second-order valence-corrected chi connectivity index (χ2v) is 4.72. The van der Waals surface area contributed by atoms with E-state index in [9.17, 15) is 13.2 Å². The monoisotopic (exact) mass is 223 g/mol. The Morgan fingerprint density at radius 3 is 2.20 bits per heavy atom. The molecule has 0 aliphatic heterocycles. The van der Waals surface area contributed by atoms with Gasteiger partial charge >= 0.3 is 6.18 Å². The van der Waals surface area contributed by atoms with Gasteiger partial charge in [0, 0.05) is 12.1 Å². The normalized spacial score (nSPS) is 23.0. The van der Waals surface area contributed by atoms with Crippen LogP contribution in [0.4, 0.5) is 13.2 Å². The van der Waals surface area contributed by atoms with E-state index in [0.29, 0.717) is 5.92 Å². The molecule has 1 N–H and O–H groups in total. The summed E-state index contributed by atoms with van der Waals surface area (Å²) in [4.78, 5) is 0. The first kappa shape index (κ1) is 12.8. The minimum absolute atomic E-state index is 0.213. The Hall–Kier alpha value is -0.250. The summed E-state index contributed by atoms with van der Waals surface area (Å²) in [5.41, 5.74) is 0. The molecule has 0 aromatic rings. The highest BCUT2D eigenvalue weighted by Crippen LogP contribution is 2.28. The highest BCUT2D eigenvalue weighted by Gasteiger charge is 2.31. The number of rotatable bonds is 4. The van der Waals surface area contributed by atoms with Crippen LogP contribution in [0.2, 0.25) is 0 Å². The highest BCUT2D eigenvalue weighted by atomic mass is 19.4. The lowest BCUT2D eigenvalue weighted by Gasteiger charge is -2.25. The first-order valence-corrected chi connectivity index (χ1v) is 5.71. The molecule has 1 saturated carbocycles. The van der Waals surface area contributed by atoms with Gasteiger partial charge in [-0.2, -0.15) is 13.2 Å². The molecule has 1 aliphatic carbocycles. The van der Waals surface area contributed by atoms with Crippen molar-refractivity contribution in [2.75, 3.05) is 0 Å². The van der Waals surface area contributed by atoms with Crippen molar-refractivity contribution in [3.63, 3.8) is 0 Å². The summed E-state index contributed by atoms with van der Waals surface area (Å²) in [6.45, 7) is 3.61. The third kappa shape index (κ3) is 4.87.